The van der Waals surface area contributed by atoms with Crippen molar-refractivity contribution in [3.63, 3.8) is 0 Å². The number of phenolic OH excluding ortho intramolecular Hbond substituents is 1. The van der Waals surface area contributed by atoms with Crippen LogP contribution in [-0.2, 0) is 11.2 Å². The van der Waals surface area contributed by atoms with Gasteiger partial charge >= 0.3 is 12.2 Å². The second-order valence-corrected chi connectivity index (χ2v) is 11.9. The van der Waals surface area contributed by atoms with Crippen LogP contribution in [0.25, 0.3) is 32.9 Å². The van der Waals surface area contributed by atoms with E-state index in [1.54, 1.807) is 0 Å². The van der Waals surface area contributed by atoms with Crippen LogP contribution in [0, 0.1) is 11.6 Å². The van der Waals surface area contributed by atoms with Gasteiger partial charge in [-0.2, -0.15) is 9.97 Å². The Morgan fingerprint density at radius 1 is 1.17 bits per heavy atom. The number of carbonyl (C=O) groups is 1. The van der Waals surface area contributed by atoms with Crippen LogP contribution < -0.4 is 15.4 Å². The first-order chi connectivity index (χ1) is 22.2. The van der Waals surface area contributed by atoms with E-state index in [0.29, 0.717) is 49.3 Å². The van der Waals surface area contributed by atoms with E-state index >= 15 is 8.78 Å². The Kier molecular flexibility index (Phi) is 9.05. The predicted octanol–water partition coefficient (Wildman–Crippen LogP) is 5.25. The zero-order valence-corrected chi connectivity index (χ0v) is 25.8. The van der Waals surface area contributed by atoms with E-state index in [9.17, 15) is 9.90 Å². The van der Waals surface area contributed by atoms with Crippen LogP contribution in [-0.4, -0.2) is 87.7 Å². The molecule has 2 saturated heterocycles. The molecule has 0 bridgehead atoms. The first kappa shape index (κ1) is 31.6. The number of pyridine rings is 1. The molecule has 2 aliphatic rings. The number of nitrogens with two attached hydrogens (primary N) is 1. The zero-order chi connectivity index (χ0) is 32.4. The van der Waals surface area contributed by atoms with Gasteiger partial charge in [0.05, 0.1) is 17.5 Å². The minimum Gasteiger partial charge on any atom is -0.508 e. The first-order valence-electron chi connectivity index (χ1n) is 15.7. The summed E-state index contributed by atoms with van der Waals surface area (Å²) in [6.07, 6.45) is 4.81. The van der Waals surface area contributed by atoms with Crippen molar-refractivity contribution in [2.24, 2.45) is 5.73 Å². The molecule has 2 aliphatic heterocycles. The Bertz CT molecular complexity index is 1760. The third-order valence-corrected chi connectivity index (χ3v) is 9.22. The highest BCUT2D eigenvalue weighted by Gasteiger charge is 2.45. The van der Waals surface area contributed by atoms with Crippen LogP contribution in [0.5, 0.6) is 11.8 Å². The fourth-order valence-corrected chi connectivity index (χ4v) is 7.04. The van der Waals surface area contributed by atoms with Gasteiger partial charge in [-0.25, -0.2) is 13.6 Å². The van der Waals surface area contributed by atoms with Crippen molar-refractivity contribution < 1.29 is 33.3 Å². The summed E-state index contributed by atoms with van der Waals surface area (Å²) in [5.74, 6) is -1.11. The van der Waals surface area contributed by atoms with Gasteiger partial charge in [-0.3, -0.25) is 9.88 Å². The molecule has 4 aromatic rings. The topological polar surface area (TPSA) is 147 Å². The lowest BCUT2D eigenvalue weighted by molar-refractivity contribution is 0.0925. The summed E-state index contributed by atoms with van der Waals surface area (Å²) in [6, 6.07) is 5.47. The molecule has 0 atom stereocenters. The molecular formula is C33H38F2N6O5. The van der Waals surface area contributed by atoms with E-state index < -0.39 is 17.8 Å². The lowest BCUT2D eigenvalue weighted by atomic mass is 9.94. The number of carboxylic acid groups (broad SMARTS) is 1. The fourth-order valence-electron chi connectivity index (χ4n) is 7.04. The van der Waals surface area contributed by atoms with Crippen molar-refractivity contribution in [2.45, 2.75) is 51.0 Å². The zero-order valence-electron chi connectivity index (χ0n) is 25.8. The van der Waals surface area contributed by atoms with Crippen LogP contribution in [0.4, 0.5) is 19.4 Å². The lowest BCUT2D eigenvalue weighted by Gasteiger charge is -2.31. The molecule has 4 N–H and O–H groups in total. The van der Waals surface area contributed by atoms with Crippen LogP contribution in [0.15, 0.2) is 30.5 Å². The number of rotatable bonds is 12. The van der Waals surface area contributed by atoms with Gasteiger partial charge in [-0.05, 0) is 93.2 Å². The highest BCUT2D eigenvalue weighted by Crippen LogP contribution is 2.41. The molecule has 0 aliphatic carbocycles. The molecular weight excluding hydrogens is 598 g/mol. The first-order valence-corrected chi connectivity index (χ1v) is 15.7. The SMILES string of the molecule is CCN(CCCN)c1nc(OCC23CCCN2CCC3)nc2c(F)c(-c3cc(O)cc4ccc(F)c(CCOC(=O)O)c34)ncc12. The number of fused-ring (bicyclic) bond motifs is 3. The number of benzene rings is 2. The molecule has 6 rings (SSSR count). The normalized spacial score (nSPS) is 15.8. The van der Waals surface area contributed by atoms with Gasteiger partial charge < -0.3 is 30.3 Å². The maximum absolute atomic E-state index is 16.8. The molecule has 0 unspecified atom stereocenters. The molecule has 46 heavy (non-hydrogen) atoms. The minimum atomic E-state index is -1.49. The number of nitrogens with zero attached hydrogens (tertiary/aromatic N) is 5. The number of hydrogen-bond acceptors (Lipinski definition) is 10. The van der Waals surface area contributed by atoms with E-state index in [1.165, 1.54) is 30.5 Å². The average Bonchev–Trinajstić information content (AvgIpc) is 3.62. The van der Waals surface area contributed by atoms with Crippen molar-refractivity contribution in [2.75, 3.05) is 50.8 Å². The van der Waals surface area contributed by atoms with Gasteiger partial charge in [-0.1, -0.05) is 6.07 Å². The molecule has 0 amide bonds. The summed E-state index contributed by atoms with van der Waals surface area (Å²) < 4.78 is 42.9. The highest BCUT2D eigenvalue weighted by molar-refractivity contribution is 6.01. The van der Waals surface area contributed by atoms with Gasteiger partial charge in [0.1, 0.15) is 35.2 Å². The summed E-state index contributed by atoms with van der Waals surface area (Å²) in [6.45, 7) is 5.74. The summed E-state index contributed by atoms with van der Waals surface area (Å²) in [7, 11) is 0. The summed E-state index contributed by atoms with van der Waals surface area (Å²) in [5.41, 5.74) is 5.79. The number of ether oxygens (including phenoxy) is 2. The molecule has 2 fully saturated rings. The Labute approximate surface area is 265 Å². The Balaban J connectivity index is 1.49. The molecule has 2 aromatic heterocycles. The van der Waals surface area contributed by atoms with Gasteiger partial charge in [0, 0.05) is 31.3 Å². The number of phenols is 1. The van der Waals surface area contributed by atoms with E-state index in [-0.39, 0.29) is 58.1 Å². The predicted molar refractivity (Wildman–Crippen MR) is 169 cm³/mol. The van der Waals surface area contributed by atoms with Crippen molar-refractivity contribution in [3.05, 3.63) is 47.7 Å². The van der Waals surface area contributed by atoms with E-state index in [1.807, 2.05) is 11.8 Å². The minimum absolute atomic E-state index is 0.0212. The summed E-state index contributed by atoms with van der Waals surface area (Å²) >= 11 is 0. The second kappa shape index (κ2) is 13.2. The number of aromatic nitrogens is 3. The third kappa shape index (κ3) is 5.96. The van der Waals surface area contributed by atoms with Gasteiger partial charge in [-0.15, -0.1) is 0 Å². The van der Waals surface area contributed by atoms with E-state index in [4.69, 9.17) is 20.6 Å². The molecule has 0 saturated carbocycles. The maximum atomic E-state index is 16.8. The number of anilines is 1. The average molecular weight is 637 g/mol. The quantitative estimate of drug-likeness (QED) is 0.175. The standard InChI is InChI=1S/C33H38F2N6O5/c1-2-40(12-5-11-36)30-24-18-37-28(23-17-21(42)16-20-6-7-25(34)22(26(20)23)8-15-45-32(43)44)27(35)29(24)38-31(39-30)46-19-33-9-3-13-41(33)14-4-10-33/h6-7,16-18,42H,2-5,8-15,19,36H2,1H3,(H,43,44). The Morgan fingerprint density at radius 3 is 2.67 bits per heavy atom. The Hall–Kier alpha value is -4.36. The lowest BCUT2D eigenvalue weighted by Crippen LogP contribution is -2.43. The molecule has 11 nitrogen and oxygen atoms in total. The van der Waals surface area contributed by atoms with Gasteiger partial charge in [0.2, 0.25) is 0 Å². The van der Waals surface area contributed by atoms with E-state index in [0.717, 1.165) is 38.8 Å². The molecule has 0 radical (unpaired) electrons. The molecule has 2 aromatic carbocycles. The Morgan fingerprint density at radius 2 is 1.96 bits per heavy atom. The maximum Gasteiger partial charge on any atom is 0.505 e. The summed E-state index contributed by atoms with van der Waals surface area (Å²) in [4.78, 5) is 29.2. The second-order valence-electron chi connectivity index (χ2n) is 11.9. The van der Waals surface area contributed by atoms with Crippen molar-refractivity contribution in [1.82, 2.24) is 19.9 Å². The van der Waals surface area contributed by atoms with Crippen LogP contribution in [0.3, 0.4) is 0 Å². The molecule has 13 heteroatoms. The van der Waals surface area contributed by atoms with E-state index in [2.05, 4.69) is 19.6 Å². The largest absolute Gasteiger partial charge is 0.508 e. The van der Waals surface area contributed by atoms with Crippen molar-refractivity contribution >= 4 is 33.6 Å². The van der Waals surface area contributed by atoms with Crippen LogP contribution in [0.1, 0.15) is 44.6 Å². The molecule has 0 spiro atoms. The van der Waals surface area contributed by atoms with Crippen LogP contribution in [0.2, 0.25) is 0 Å². The summed E-state index contributed by atoms with van der Waals surface area (Å²) in [5, 5.41) is 20.6. The van der Waals surface area contributed by atoms with Gasteiger partial charge in [0.15, 0.2) is 5.82 Å². The molecule has 4 heterocycles. The highest BCUT2D eigenvalue weighted by atomic mass is 19.1. The monoisotopic (exact) mass is 636 g/mol. The number of hydrogen-bond donors (Lipinski definition) is 3. The molecule has 244 valence electrons. The number of halogens is 2. The van der Waals surface area contributed by atoms with Gasteiger partial charge in [0.25, 0.3) is 0 Å². The van der Waals surface area contributed by atoms with Crippen LogP contribution >= 0.6 is 0 Å². The van der Waals surface area contributed by atoms with Crippen molar-refractivity contribution in [3.8, 4) is 23.0 Å². The number of aromatic hydroxyl groups is 1. The smallest absolute Gasteiger partial charge is 0.505 e. The fraction of sp³-hybridized carbons (Fsp3) is 0.455. The third-order valence-electron chi connectivity index (χ3n) is 9.22. The van der Waals surface area contributed by atoms with Crippen molar-refractivity contribution in [1.29, 1.82) is 0 Å².